The van der Waals surface area contributed by atoms with Crippen LogP contribution in [0.1, 0.15) is 29.8 Å². The summed E-state index contributed by atoms with van der Waals surface area (Å²) in [5.41, 5.74) is 1.41. The van der Waals surface area contributed by atoms with Gasteiger partial charge in [0.1, 0.15) is 0 Å². The van der Waals surface area contributed by atoms with Crippen LogP contribution in [0.4, 0.5) is 5.69 Å². The number of nitrogens with one attached hydrogen (secondary N) is 1. The summed E-state index contributed by atoms with van der Waals surface area (Å²) in [4.78, 5) is 11.8. The summed E-state index contributed by atoms with van der Waals surface area (Å²) in [6.45, 7) is 3.51. The molecular weight excluding hydrogens is 362 g/mol. The maximum Gasteiger partial charge on any atom is 0.338 e. The second-order valence-electron chi connectivity index (χ2n) is 5.53. The Bertz CT molecular complexity index is 857. The van der Waals surface area contributed by atoms with Crippen LogP contribution in [0.3, 0.4) is 0 Å². The lowest BCUT2D eigenvalue weighted by atomic mass is 10.2. The van der Waals surface area contributed by atoms with Crippen LogP contribution in [0.25, 0.3) is 6.08 Å². The lowest BCUT2D eigenvalue weighted by Gasteiger charge is -2.09. The van der Waals surface area contributed by atoms with Gasteiger partial charge in [-0.1, -0.05) is 23.7 Å². The zero-order chi connectivity index (χ0) is 18.4. The molecule has 2 aromatic carbocycles. The van der Waals surface area contributed by atoms with E-state index < -0.39 is 16.0 Å². The van der Waals surface area contributed by atoms with Crippen LogP contribution in [-0.4, -0.2) is 20.5 Å². The zero-order valence-corrected chi connectivity index (χ0v) is 15.3. The van der Waals surface area contributed by atoms with Crippen molar-refractivity contribution in [3.05, 3.63) is 70.1 Å². The van der Waals surface area contributed by atoms with Crippen LogP contribution < -0.4 is 4.72 Å². The van der Waals surface area contributed by atoms with Crippen LogP contribution in [-0.2, 0) is 14.8 Å². The normalized spacial score (nSPS) is 11.7. The highest BCUT2D eigenvalue weighted by atomic mass is 35.5. The number of sulfonamides is 1. The first-order valence-electron chi connectivity index (χ1n) is 7.53. The number of hydrogen-bond acceptors (Lipinski definition) is 4. The summed E-state index contributed by atoms with van der Waals surface area (Å²) in [5.74, 6) is -0.452. The fourth-order valence-electron chi connectivity index (χ4n) is 1.90. The molecule has 0 fully saturated rings. The molecule has 0 aliphatic heterocycles. The Morgan fingerprint density at radius 3 is 2.24 bits per heavy atom. The van der Waals surface area contributed by atoms with E-state index in [2.05, 4.69) is 4.72 Å². The van der Waals surface area contributed by atoms with E-state index in [-0.39, 0.29) is 6.10 Å². The second kappa shape index (κ2) is 8.18. The third-order valence-corrected chi connectivity index (χ3v) is 4.30. The monoisotopic (exact) mass is 379 g/mol. The van der Waals surface area contributed by atoms with Crippen LogP contribution in [0.2, 0.25) is 5.02 Å². The quantitative estimate of drug-likeness (QED) is 0.758. The summed E-state index contributed by atoms with van der Waals surface area (Å²) in [6, 6.07) is 12.8. The number of hydrogen-bond donors (Lipinski definition) is 1. The SMILES string of the molecule is CC(C)OC(=O)c1ccc(NS(=O)(=O)/C=C/c2ccc(Cl)cc2)cc1. The summed E-state index contributed by atoms with van der Waals surface area (Å²) in [7, 11) is -3.67. The van der Waals surface area contributed by atoms with Crippen molar-refractivity contribution in [3.63, 3.8) is 0 Å². The van der Waals surface area contributed by atoms with Gasteiger partial charge in [-0.15, -0.1) is 0 Å². The molecule has 0 saturated heterocycles. The minimum atomic E-state index is -3.67. The van der Waals surface area contributed by atoms with Gasteiger partial charge in [0, 0.05) is 10.7 Å². The second-order valence-corrected chi connectivity index (χ2v) is 7.54. The van der Waals surface area contributed by atoms with E-state index in [1.165, 1.54) is 30.3 Å². The van der Waals surface area contributed by atoms with Gasteiger partial charge < -0.3 is 4.74 Å². The molecule has 0 bridgehead atoms. The molecule has 2 rings (SSSR count). The first-order chi connectivity index (χ1) is 11.7. The van der Waals surface area contributed by atoms with E-state index in [0.717, 1.165) is 5.41 Å². The molecule has 25 heavy (non-hydrogen) atoms. The first-order valence-corrected chi connectivity index (χ1v) is 9.45. The number of ether oxygens (including phenoxy) is 1. The predicted octanol–water partition coefficient (Wildman–Crippen LogP) is 4.32. The van der Waals surface area contributed by atoms with Gasteiger partial charge in [0.05, 0.1) is 17.1 Å². The minimum Gasteiger partial charge on any atom is -0.459 e. The summed E-state index contributed by atoms with van der Waals surface area (Å²) < 4.78 is 31.7. The van der Waals surface area contributed by atoms with E-state index in [9.17, 15) is 13.2 Å². The number of carbonyl (C=O) groups excluding carboxylic acids is 1. The molecule has 0 aromatic heterocycles. The fraction of sp³-hybridized carbons (Fsp3) is 0.167. The maximum absolute atomic E-state index is 12.1. The van der Waals surface area contributed by atoms with Gasteiger partial charge in [0.2, 0.25) is 0 Å². The fourth-order valence-corrected chi connectivity index (χ4v) is 2.89. The van der Waals surface area contributed by atoms with E-state index in [4.69, 9.17) is 16.3 Å². The van der Waals surface area contributed by atoms with Crippen molar-refractivity contribution in [2.45, 2.75) is 20.0 Å². The van der Waals surface area contributed by atoms with Crippen molar-refractivity contribution in [3.8, 4) is 0 Å². The van der Waals surface area contributed by atoms with E-state index in [0.29, 0.717) is 21.8 Å². The molecule has 0 spiro atoms. The molecule has 0 unspecified atom stereocenters. The van der Waals surface area contributed by atoms with Crippen LogP contribution in [0.15, 0.2) is 53.9 Å². The van der Waals surface area contributed by atoms with Gasteiger partial charge in [-0.2, -0.15) is 0 Å². The molecular formula is C18H18ClNO4S. The van der Waals surface area contributed by atoms with Gasteiger partial charge in [0.15, 0.2) is 0 Å². The Morgan fingerprint density at radius 1 is 1.08 bits per heavy atom. The standard InChI is InChI=1S/C18H18ClNO4S/c1-13(2)24-18(21)15-5-9-17(10-6-15)20-25(22,23)12-11-14-3-7-16(19)8-4-14/h3-13,20H,1-2H3/b12-11+. The molecule has 0 aliphatic rings. The van der Waals surface area contributed by atoms with E-state index in [1.54, 1.807) is 38.1 Å². The average molecular weight is 380 g/mol. The van der Waals surface area contributed by atoms with Crippen molar-refractivity contribution >= 4 is 39.4 Å². The first kappa shape index (κ1) is 19.0. The molecule has 1 N–H and O–H groups in total. The van der Waals surface area contributed by atoms with Crippen molar-refractivity contribution in [1.29, 1.82) is 0 Å². The number of rotatable bonds is 6. The Kier molecular flexibility index (Phi) is 6.22. The minimum absolute atomic E-state index is 0.219. The van der Waals surface area contributed by atoms with E-state index >= 15 is 0 Å². The number of carbonyl (C=O) groups is 1. The largest absolute Gasteiger partial charge is 0.459 e. The average Bonchev–Trinajstić information content (AvgIpc) is 2.54. The smallest absolute Gasteiger partial charge is 0.338 e. The zero-order valence-electron chi connectivity index (χ0n) is 13.8. The van der Waals surface area contributed by atoms with Gasteiger partial charge in [-0.05, 0) is 61.9 Å². The van der Waals surface area contributed by atoms with Crippen molar-refractivity contribution in [2.24, 2.45) is 0 Å². The molecule has 7 heteroatoms. The van der Waals surface area contributed by atoms with Gasteiger partial charge in [-0.25, -0.2) is 13.2 Å². The molecule has 0 radical (unpaired) electrons. The molecule has 0 heterocycles. The van der Waals surface area contributed by atoms with Crippen LogP contribution >= 0.6 is 11.6 Å². The molecule has 0 saturated carbocycles. The Labute approximate surface area is 152 Å². The summed E-state index contributed by atoms with van der Waals surface area (Å²) in [5, 5.41) is 1.64. The lowest BCUT2D eigenvalue weighted by Crippen LogP contribution is -2.12. The van der Waals surface area contributed by atoms with Gasteiger partial charge >= 0.3 is 5.97 Å². The van der Waals surface area contributed by atoms with E-state index in [1.807, 2.05) is 0 Å². The molecule has 5 nitrogen and oxygen atoms in total. The Morgan fingerprint density at radius 2 is 1.68 bits per heavy atom. The predicted molar refractivity (Wildman–Crippen MR) is 100 cm³/mol. The van der Waals surface area contributed by atoms with Crippen LogP contribution in [0.5, 0.6) is 0 Å². The number of halogens is 1. The van der Waals surface area contributed by atoms with Gasteiger partial charge in [-0.3, -0.25) is 4.72 Å². The number of anilines is 1. The molecule has 0 amide bonds. The maximum atomic E-state index is 12.1. The molecule has 0 atom stereocenters. The summed E-state index contributed by atoms with van der Waals surface area (Å²) in [6.07, 6.45) is 1.25. The molecule has 2 aromatic rings. The lowest BCUT2D eigenvalue weighted by molar-refractivity contribution is 0.0378. The van der Waals surface area contributed by atoms with Crippen molar-refractivity contribution in [2.75, 3.05) is 4.72 Å². The number of esters is 1. The topological polar surface area (TPSA) is 72.5 Å². The number of benzene rings is 2. The highest BCUT2D eigenvalue weighted by Gasteiger charge is 2.10. The third-order valence-electron chi connectivity index (χ3n) is 3.03. The third kappa shape index (κ3) is 6.25. The van der Waals surface area contributed by atoms with Crippen LogP contribution in [0, 0.1) is 0 Å². The van der Waals surface area contributed by atoms with Gasteiger partial charge in [0.25, 0.3) is 10.0 Å². The highest BCUT2D eigenvalue weighted by Crippen LogP contribution is 2.15. The summed E-state index contributed by atoms with van der Waals surface area (Å²) >= 11 is 5.78. The molecule has 0 aliphatic carbocycles. The Hall–Kier alpha value is -2.31. The molecule has 132 valence electrons. The van der Waals surface area contributed by atoms with Crippen molar-refractivity contribution in [1.82, 2.24) is 0 Å². The van der Waals surface area contributed by atoms with Crippen molar-refractivity contribution < 1.29 is 17.9 Å². The Balaban J connectivity index is 2.05. The highest BCUT2D eigenvalue weighted by molar-refractivity contribution is 7.95.